The van der Waals surface area contributed by atoms with E-state index in [1.54, 1.807) is 0 Å². The maximum Gasteiger partial charge on any atom is 0.137 e. The average Bonchev–Trinajstić information content (AvgIpc) is 3.62. The lowest BCUT2D eigenvalue weighted by Gasteiger charge is -2.29. The molecule has 0 amide bonds. The zero-order chi connectivity index (χ0) is 31.5. The van der Waals surface area contributed by atoms with Gasteiger partial charge in [0.1, 0.15) is 11.2 Å². The molecule has 7 aromatic carbocycles. The Hall–Kier alpha value is -5.86. The van der Waals surface area contributed by atoms with Gasteiger partial charge in [0.05, 0.1) is 16.8 Å². The highest BCUT2D eigenvalue weighted by Gasteiger charge is 2.37. The highest BCUT2D eigenvalue weighted by molar-refractivity contribution is 6.14. The Kier molecular flexibility index (Phi) is 6.20. The molecule has 0 bridgehead atoms. The van der Waals surface area contributed by atoms with Gasteiger partial charge >= 0.3 is 0 Å². The Morgan fingerprint density at radius 2 is 1.04 bits per heavy atom. The van der Waals surface area contributed by atoms with Crippen molar-refractivity contribution in [2.24, 2.45) is 0 Å². The third-order valence-electron chi connectivity index (χ3n) is 9.90. The standard InChI is InChI=1S/C45H33NO/c1-45(2)37-20-9-6-17-35(37)43-34(19-12-21-38(43)45)33-16-7-10-22-39(33)46(32-28-26-31(27-29-32)30-14-4-3-5-15-30)40-23-13-25-42-44(40)36-18-8-11-24-41(36)47-42/h3-29H,1-2H3. The number of hydrogen-bond donors (Lipinski definition) is 0. The van der Waals surface area contributed by atoms with Crippen LogP contribution in [0.5, 0.6) is 0 Å². The Labute approximate surface area is 275 Å². The van der Waals surface area contributed by atoms with Crippen molar-refractivity contribution in [3.05, 3.63) is 175 Å². The summed E-state index contributed by atoms with van der Waals surface area (Å²) in [5.41, 5.74) is 15.2. The fraction of sp³-hybridized carbons (Fsp3) is 0.0667. The van der Waals surface area contributed by atoms with Crippen molar-refractivity contribution in [1.29, 1.82) is 0 Å². The third-order valence-corrected chi connectivity index (χ3v) is 9.90. The quantitative estimate of drug-likeness (QED) is 0.195. The maximum absolute atomic E-state index is 6.40. The average molecular weight is 604 g/mol. The molecule has 0 saturated heterocycles. The largest absolute Gasteiger partial charge is 0.456 e. The van der Waals surface area contributed by atoms with Crippen LogP contribution in [-0.2, 0) is 5.41 Å². The zero-order valence-corrected chi connectivity index (χ0v) is 26.4. The van der Waals surface area contributed by atoms with Crippen molar-refractivity contribution in [3.8, 4) is 33.4 Å². The highest BCUT2D eigenvalue weighted by atomic mass is 16.3. The van der Waals surface area contributed by atoms with E-state index in [1.807, 2.05) is 6.07 Å². The van der Waals surface area contributed by atoms with Gasteiger partial charge in [0.25, 0.3) is 0 Å². The monoisotopic (exact) mass is 603 g/mol. The first-order valence-corrected chi connectivity index (χ1v) is 16.3. The molecule has 9 rings (SSSR count). The van der Waals surface area contributed by atoms with Gasteiger partial charge in [-0.15, -0.1) is 0 Å². The summed E-state index contributed by atoms with van der Waals surface area (Å²) in [5, 5.41) is 2.22. The van der Waals surface area contributed by atoms with Crippen molar-refractivity contribution in [3.63, 3.8) is 0 Å². The molecule has 1 heterocycles. The summed E-state index contributed by atoms with van der Waals surface area (Å²) in [7, 11) is 0. The van der Waals surface area contributed by atoms with Crippen molar-refractivity contribution < 1.29 is 4.42 Å². The predicted octanol–water partition coefficient (Wildman–Crippen LogP) is 12.7. The van der Waals surface area contributed by atoms with Crippen LogP contribution in [0.2, 0.25) is 0 Å². The molecule has 0 unspecified atom stereocenters. The van der Waals surface area contributed by atoms with Gasteiger partial charge in [-0.25, -0.2) is 0 Å². The van der Waals surface area contributed by atoms with Crippen LogP contribution in [0.25, 0.3) is 55.3 Å². The normalized spacial score (nSPS) is 13.1. The van der Waals surface area contributed by atoms with Crippen LogP contribution in [0.15, 0.2) is 168 Å². The van der Waals surface area contributed by atoms with E-state index < -0.39 is 0 Å². The third kappa shape index (κ3) is 4.26. The maximum atomic E-state index is 6.40. The van der Waals surface area contributed by atoms with Gasteiger partial charge in [0, 0.05) is 22.1 Å². The fourth-order valence-electron chi connectivity index (χ4n) is 7.66. The van der Waals surface area contributed by atoms with Crippen LogP contribution in [0.1, 0.15) is 25.0 Å². The minimum atomic E-state index is -0.0782. The van der Waals surface area contributed by atoms with Crippen molar-refractivity contribution in [2.75, 3.05) is 4.90 Å². The summed E-state index contributed by atoms with van der Waals surface area (Å²) >= 11 is 0. The second-order valence-corrected chi connectivity index (χ2v) is 12.9. The van der Waals surface area contributed by atoms with E-state index in [0.29, 0.717) is 0 Å². The van der Waals surface area contributed by atoms with Crippen LogP contribution >= 0.6 is 0 Å². The summed E-state index contributed by atoms with van der Waals surface area (Å²) in [6, 6.07) is 58.8. The number of hydrogen-bond acceptors (Lipinski definition) is 2. The molecule has 224 valence electrons. The summed E-state index contributed by atoms with van der Waals surface area (Å²) in [6.07, 6.45) is 0. The lowest BCUT2D eigenvalue weighted by atomic mass is 9.82. The molecular weight excluding hydrogens is 571 g/mol. The summed E-state index contributed by atoms with van der Waals surface area (Å²) in [6.45, 7) is 4.69. The molecule has 1 aromatic heterocycles. The van der Waals surface area contributed by atoms with E-state index in [0.717, 1.165) is 39.0 Å². The van der Waals surface area contributed by atoms with E-state index in [1.165, 1.54) is 44.5 Å². The lowest BCUT2D eigenvalue weighted by Crippen LogP contribution is -2.15. The molecular formula is C45H33NO. The molecule has 2 nitrogen and oxygen atoms in total. The van der Waals surface area contributed by atoms with E-state index >= 15 is 0 Å². The Morgan fingerprint density at radius 3 is 1.89 bits per heavy atom. The van der Waals surface area contributed by atoms with Gasteiger partial charge in [-0.2, -0.15) is 0 Å². The number of furan rings is 1. The second kappa shape index (κ2) is 10.6. The van der Waals surface area contributed by atoms with Crippen LogP contribution in [0.4, 0.5) is 17.1 Å². The van der Waals surface area contributed by atoms with Crippen molar-refractivity contribution >= 4 is 39.0 Å². The predicted molar refractivity (Wildman–Crippen MR) is 197 cm³/mol. The smallest absolute Gasteiger partial charge is 0.137 e. The van der Waals surface area contributed by atoms with Crippen LogP contribution in [-0.4, -0.2) is 0 Å². The molecule has 0 spiro atoms. The topological polar surface area (TPSA) is 16.4 Å². The van der Waals surface area contributed by atoms with Crippen LogP contribution in [0, 0.1) is 0 Å². The first-order valence-electron chi connectivity index (χ1n) is 16.3. The van der Waals surface area contributed by atoms with Crippen LogP contribution < -0.4 is 4.90 Å². The molecule has 1 aliphatic rings. The molecule has 47 heavy (non-hydrogen) atoms. The number of fused-ring (bicyclic) bond motifs is 6. The number of anilines is 3. The second-order valence-electron chi connectivity index (χ2n) is 12.9. The Morgan fingerprint density at radius 1 is 0.447 bits per heavy atom. The molecule has 0 fully saturated rings. The first-order chi connectivity index (χ1) is 23.1. The van der Waals surface area contributed by atoms with Gasteiger partial charge < -0.3 is 9.32 Å². The van der Waals surface area contributed by atoms with Gasteiger partial charge in [-0.3, -0.25) is 0 Å². The van der Waals surface area contributed by atoms with Crippen molar-refractivity contribution in [1.82, 2.24) is 0 Å². The van der Waals surface area contributed by atoms with Gasteiger partial charge in [-0.1, -0.05) is 141 Å². The lowest BCUT2D eigenvalue weighted by molar-refractivity contribution is 0.660. The highest BCUT2D eigenvalue weighted by Crippen LogP contribution is 2.54. The van der Waals surface area contributed by atoms with Gasteiger partial charge in [0.2, 0.25) is 0 Å². The fourth-order valence-corrected chi connectivity index (χ4v) is 7.66. The summed E-state index contributed by atoms with van der Waals surface area (Å²) < 4.78 is 6.40. The molecule has 0 N–H and O–H groups in total. The molecule has 1 aliphatic carbocycles. The number of para-hydroxylation sites is 2. The first kappa shape index (κ1) is 27.5. The number of benzene rings is 7. The van der Waals surface area contributed by atoms with Crippen molar-refractivity contribution in [2.45, 2.75) is 19.3 Å². The Bertz CT molecular complexity index is 2430. The molecule has 8 aromatic rings. The SMILES string of the molecule is CC1(C)c2ccccc2-c2c(-c3ccccc3N(c3ccc(-c4ccccc4)cc3)c3cccc4oc5ccccc5c34)cccc21. The van der Waals surface area contributed by atoms with E-state index in [2.05, 4.69) is 176 Å². The number of nitrogens with zero attached hydrogens (tertiary/aromatic N) is 1. The number of rotatable bonds is 5. The van der Waals surface area contributed by atoms with Crippen LogP contribution in [0.3, 0.4) is 0 Å². The molecule has 2 heteroatoms. The summed E-state index contributed by atoms with van der Waals surface area (Å²) in [4.78, 5) is 2.42. The van der Waals surface area contributed by atoms with Gasteiger partial charge in [-0.05, 0) is 75.3 Å². The molecule has 0 saturated carbocycles. The molecule has 0 aliphatic heterocycles. The Balaban J connectivity index is 1.31. The molecule has 0 atom stereocenters. The van der Waals surface area contributed by atoms with E-state index in [9.17, 15) is 0 Å². The van der Waals surface area contributed by atoms with Gasteiger partial charge in [0.15, 0.2) is 0 Å². The zero-order valence-electron chi connectivity index (χ0n) is 26.4. The van der Waals surface area contributed by atoms with E-state index in [4.69, 9.17) is 4.42 Å². The summed E-state index contributed by atoms with van der Waals surface area (Å²) in [5.74, 6) is 0. The van der Waals surface area contributed by atoms with E-state index in [-0.39, 0.29) is 5.41 Å². The molecule has 0 radical (unpaired) electrons. The minimum absolute atomic E-state index is 0.0782. The minimum Gasteiger partial charge on any atom is -0.456 e.